The molecule has 0 saturated heterocycles. The first-order valence-corrected chi connectivity index (χ1v) is 8.85. The zero-order valence-electron chi connectivity index (χ0n) is 14.6. The van der Waals surface area contributed by atoms with Gasteiger partial charge >= 0.3 is 0 Å². The Labute approximate surface area is 154 Å². The lowest BCUT2D eigenvalue weighted by Crippen LogP contribution is -2.20. The lowest BCUT2D eigenvalue weighted by Gasteiger charge is -2.25. The third kappa shape index (κ3) is 2.68. The van der Waals surface area contributed by atoms with E-state index in [-0.39, 0.29) is 6.04 Å². The average molecular weight is 370 g/mol. The van der Waals surface area contributed by atoms with Crippen molar-refractivity contribution < 1.29 is 14.2 Å². The van der Waals surface area contributed by atoms with E-state index in [1.54, 1.807) is 39.0 Å². The standard InChI is InChI=1S/C18H18N4O3S/c1-23-14-7-11(8-15(24-2)17(14)25-3)13-9-12(16-5-4-6-26-16)21-18-19-10-20-22(13)18/h4-10,13H,1-3H3,(H,19,20,21)/t13-/m1/s1. The first kappa shape index (κ1) is 16.5. The van der Waals surface area contributed by atoms with E-state index in [1.807, 2.05) is 28.3 Å². The number of hydrogen-bond acceptors (Lipinski definition) is 7. The highest BCUT2D eigenvalue weighted by Gasteiger charge is 2.26. The summed E-state index contributed by atoms with van der Waals surface area (Å²) in [7, 11) is 4.81. The number of hydrogen-bond donors (Lipinski definition) is 1. The summed E-state index contributed by atoms with van der Waals surface area (Å²) in [6.45, 7) is 0. The topological polar surface area (TPSA) is 70.4 Å². The zero-order valence-corrected chi connectivity index (χ0v) is 15.4. The van der Waals surface area contributed by atoms with E-state index >= 15 is 0 Å². The van der Waals surface area contributed by atoms with Crippen molar-refractivity contribution in [3.05, 3.63) is 52.5 Å². The Morgan fingerprint density at radius 3 is 2.50 bits per heavy atom. The summed E-state index contributed by atoms with van der Waals surface area (Å²) in [5.41, 5.74) is 1.96. The molecule has 0 unspecified atom stereocenters. The molecule has 0 saturated carbocycles. The molecule has 3 heterocycles. The van der Waals surface area contributed by atoms with Crippen molar-refractivity contribution in [2.45, 2.75) is 6.04 Å². The number of rotatable bonds is 5. The number of methoxy groups -OCH3 is 3. The van der Waals surface area contributed by atoms with Crippen LogP contribution in [0.5, 0.6) is 17.2 Å². The molecule has 1 atom stereocenters. The number of aromatic nitrogens is 3. The van der Waals surface area contributed by atoms with Crippen molar-refractivity contribution in [1.29, 1.82) is 0 Å². The summed E-state index contributed by atoms with van der Waals surface area (Å²) in [5.74, 6) is 2.46. The maximum Gasteiger partial charge on any atom is 0.226 e. The highest BCUT2D eigenvalue weighted by Crippen LogP contribution is 2.42. The lowest BCUT2D eigenvalue weighted by molar-refractivity contribution is 0.323. The molecule has 26 heavy (non-hydrogen) atoms. The first-order valence-electron chi connectivity index (χ1n) is 7.97. The van der Waals surface area contributed by atoms with Crippen LogP contribution in [0.25, 0.3) is 5.70 Å². The summed E-state index contributed by atoms with van der Waals surface area (Å²) >= 11 is 1.67. The highest BCUT2D eigenvalue weighted by molar-refractivity contribution is 7.11. The molecule has 134 valence electrons. The van der Waals surface area contributed by atoms with Crippen LogP contribution in [0.15, 0.2) is 42.0 Å². The molecule has 1 N–H and O–H groups in total. The fraction of sp³-hybridized carbons (Fsp3) is 0.222. The van der Waals surface area contributed by atoms with Gasteiger partial charge in [-0.2, -0.15) is 10.1 Å². The van der Waals surface area contributed by atoms with Gasteiger partial charge in [0.1, 0.15) is 12.4 Å². The SMILES string of the molecule is COc1cc([C@H]2C=C(c3cccs3)Nc3ncnn32)cc(OC)c1OC. The minimum atomic E-state index is -0.153. The Balaban J connectivity index is 1.86. The molecule has 2 aromatic heterocycles. The van der Waals surface area contributed by atoms with Crippen molar-refractivity contribution in [1.82, 2.24) is 14.8 Å². The zero-order chi connectivity index (χ0) is 18.1. The Morgan fingerprint density at radius 2 is 1.88 bits per heavy atom. The summed E-state index contributed by atoms with van der Waals surface area (Å²) < 4.78 is 18.2. The van der Waals surface area contributed by atoms with E-state index in [1.165, 1.54) is 0 Å². The molecular formula is C18H18N4O3S. The van der Waals surface area contributed by atoms with E-state index in [0.717, 1.165) is 16.1 Å². The molecule has 4 rings (SSSR count). The number of allylic oxidation sites excluding steroid dienone is 1. The maximum absolute atomic E-state index is 5.49. The van der Waals surface area contributed by atoms with Crippen molar-refractivity contribution in [3.63, 3.8) is 0 Å². The van der Waals surface area contributed by atoms with E-state index < -0.39 is 0 Å². The summed E-state index contributed by atoms with van der Waals surface area (Å²) in [5, 5.41) is 9.75. The summed E-state index contributed by atoms with van der Waals surface area (Å²) in [6.07, 6.45) is 3.66. The number of thiophene rings is 1. The third-order valence-corrected chi connectivity index (χ3v) is 5.13. The largest absolute Gasteiger partial charge is 0.493 e. The number of benzene rings is 1. The molecule has 0 bridgehead atoms. The van der Waals surface area contributed by atoms with Crippen molar-refractivity contribution >= 4 is 23.0 Å². The second kappa shape index (κ2) is 6.72. The second-order valence-corrected chi connectivity index (χ2v) is 6.56. The first-order chi connectivity index (χ1) is 12.7. The Morgan fingerprint density at radius 1 is 1.12 bits per heavy atom. The van der Waals surface area contributed by atoms with E-state index in [2.05, 4.69) is 27.5 Å². The van der Waals surface area contributed by atoms with Gasteiger partial charge in [0, 0.05) is 0 Å². The number of fused-ring (bicyclic) bond motifs is 1. The molecular weight excluding hydrogens is 352 g/mol. The maximum atomic E-state index is 5.49. The Bertz CT molecular complexity index is 924. The van der Waals surface area contributed by atoms with Gasteiger partial charge in [0.05, 0.1) is 31.9 Å². The number of nitrogens with one attached hydrogen (secondary N) is 1. The fourth-order valence-electron chi connectivity index (χ4n) is 3.02. The smallest absolute Gasteiger partial charge is 0.226 e. The van der Waals surface area contributed by atoms with Crippen LogP contribution in [-0.2, 0) is 0 Å². The van der Waals surface area contributed by atoms with Gasteiger partial charge in [-0.05, 0) is 35.2 Å². The van der Waals surface area contributed by atoms with Crippen molar-refractivity contribution in [2.24, 2.45) is 0 Å². The number of ether oxygens (including phenoxy) is 3. The molecule has 0 radical (unpaired) electrons. The van der Waals surface area contributed by atoms with Gasteiger partial charge in [0.25, 0.3) is 0 Å². The van der Waals surface area contributed by atoms with Crippen LogP contribution >= 0.6 is 11.3 Å². The van der Waals surface area contributed by atoms with Crippen LogP contribution < -0.4 is 19.5 Å². The van der Waals surface area contributed by atoms with Crippen LogP contribution in [0.3, 0.4) is 0 Å². The summed E-state index contributed by atoms with van der Waals surface area (Å²) in [6, 6.07) is 7.81. The molecule has 0 aliphatic carbocycles. The van der Waals surface area contributed by atoms with Gasteiger partial charge in [-0.3, -0.25) is 0 Å². The molecule has 0 fully saturated rings. The van der Waals surface area contributed by atoms with Crippen molar-refractivity contribution in [3.8, 4) is 17.2 Å². The monoisotopic (exact) mass is 370 g/mol. The summed E-state index contributed by atoms with van der Waals surface area (Å²) in [4.78, 5) is 5.46. The van der Waals surface area contributed by atoms with E-state index in [4.69, 9.17) is 14.2 Å². The van der Waals surface area contributed by atoms with Crippen LogP contribution in [0.4, 0.5) is 5.95 Å². The lowest BCUT2D eigenvalue weighted by atomic mass is 10.0. The number of anilines is 1. The highest BCUT2D eigenvalue weighted by atomic mass is 32.1. The van der Waals surface area contributed by atoms with Crippen LogP contribution in [0.2, 0.25) is 0 Å². The third-order valence-electron chi connectivity index (χ3n) is 4.22. The van der Waals surface area contributed by atoms with Gasteiger partial charge in [0.15, 0.2) is 11.5 Å². The predicted octanol–water partition coefficient (Wildman–Crippen LogP) is 3.42. The van der Waals surface area contributed by atoms with Gasteiger partial charge in [-0.15, -0.1) is 11.3 Å². The number of nitrogens with zero attached hydrogens (tertiary/aromatic N) is 3. The molecule has 7 nitrogen and oxygen atoms in total. The minimum Gasteiger partial charge on any atom is -0.493 e. The predicted molar refractivity (Wildman–Crippen MR) is 100 cm³/mol. The van der Waals surface area contributed by atoms with Crippen LogP contribution in [0.1, 0.15) is 16.5 Å². The minimum absolute atomic E-state index is 0.153. The molecule has 8 heteroatoms. The normalized spacial score (nSPS) is 15.7. The fourth-order valence-corrected chi connectivity index (χ4v) is 3.73. The molecule has 0 spiro atoms. The Hall–Kier alpha value is -3.00. The van der Waals surface area contributed by atoms with Gasteiger partial charge in [-0.25, -0.2) is 4.68 Å². The van der Waals surface area contributed by atoms with Crippen LogP contribution in [-0.4, -0.2) is 36.1 Å². The van der Waals surface area contributed by atoms with Gasteiger partial charge in [0.2, 0.25) is 11.7 Å². The quantitative estimate of drug-likeness (QED) is 0.742. The second-order valence-electron chi connectivity index (χ2n) is 5.61. The van der Waals surface area contributed by atoms with Gasteiger partial charge in [-0.1, -0.05) is 6.07 Å². The molecule has 1 aromatic carbocycles. The molecule has 1 aliphatic rings. The average Bonchev–Trinajstić information content (AvgIpc) is 3.37. The Kier molecular flexibility index (Phi) is 4.26. The van der Waals surface area contributed by atoms with Crippen LogP contribution in [0, 0.1) is 0 Å². The molecule has 0 amide bonds. The van der Waals surface area contributed by atoms with E-state index in [0.29, 0.717) is 23.2 Å². The van der Waals surface area contributed by atoms with E-state index in [9.17, 15) is 0 Å². The molecule has 3 aromatic rings. The van der Waals surface area contributed by atoms with Crippen molar-refractivity contribution in [2.75, 3.05) is 26.6 Å². The van der Waals surface area contributed by atoms with Gasteiger partial charge < -0.3 is 19.5 Å². The molecule has 1 aliphatic heterocycles.